The number of amides is 1. The molecule has 1 heterocycles. The number of nitrogens with one attached hydrogen (secondary N) is 2. The lowest BCUT2D eigenvalue weighted by molar-refractivity contribution is -0.130. The smallest absolute Gasteiger partial charge is 0.223 e. The number of hydrogen-bond acceptors (Lipinski definition) is 4. The van der Waals surface area contributed by atoms with E-state index in [-0.39, 0.29) is 17.9 Å². The fourth-order valence-corrected chi connectivity index (χ4v) is 3.56. The number of rotatable bonds is 6. The van der Waals surface area contributed by atoms with Crippen molar-refractivity contribution in [2.24, 2.45) is 5.92 Å². The number of methoxy groups -OCH3 is 2. The van der Waals surface area contributed by atoms with E-state index < -0.39 is 6.10 Å². The Kier molecular flexibility index (Phi) is 5.60. The van der Waals surface area contributed by atoms with Gasteiger partial charge in [0, 0.05) is 36.7 Å². The first kappa shape index (κ1) is 17.8. The van der Waals surface area contributed by atoms with Gasteiger partial charge in [-0.15, -0.1) is 0 Å². The molecule has 0 spiro atoms. The number of hydrogen-bond donors (Lipinski definition) is 3. The molecule has 0 bridgehead atoms. The van der Waals surface area contributed by atoms with Gasteiger partial charge in [0.2, 0.25) is 5.91 Å². The first-order valence-corrected chi connectivity index (χ1v) is 8.75. The van der Waals surface area contributed by atoms with E-state index in [9.17, 15) is 9.90 Å². The van der Waals surface area contributed by atoms with Crippen molar-refractivity contribution < 1.29 is 19.4 Å². The van der Waals surface area contributed by atoms with Crippen molar-refractivity contribution in [3.05, 3.63) is 30.0 Å². The minimum atomic E-state index is -0.463. The maximum atomic E-state index is 12.4. The number of benzene rings is 1. The van der Waals surface area contributed by atoms with Gasteiger partial charge in [-0.1, -0.05) is 0 Å². The Morgan fingerprint density at radius 3 is 2.96 bits per heavy atom. The van der Waals surface area contributed by atoms with Crippen molar-refractivity contribution in [2.45, 2.75) is 37.9 Å². The van der Waals surface area contributed by atoms with Crippen LogP contribution in [0.15, 0.2) is 24.4 Å². The highest BCUT2D eigenvalue weighted by Crippen LogP contribution is 2.27. The average Bonchev–Trinajstić information content (AvgIpc) is 3.04. The van der Waals surface area contributed by atoms with E-state index in [0.717, 1.165) is 28.6 Å². The quantitative estimate of drug-likeness (QED) is 0.747. The highest BCUT2D eigenvalue weighted by atomic mass is 16.5. The summed E-state index contributed by atoms with van der Waals surface area (Å²) in [5, 5.41) is 14.0. The molecule has 6 nitrogen and oxygen atoms in total. The van der Waals surface area contributed by atoms with Crippen LogP contribution >= 0.6 is 0 Å². The number of ether oxygens (including phenoxy) is 2. The number of aromatic amines is 1. The molecular weight excluding hydrogens is 320 g/mol. The van der Waals surface area contributed by atoms with Crippen molar-refractivity contribution in [3.63, 3.8) is 0 Å². The van der Waals surface area contributed by atoms with E-state index in [1.807, 2.05) is 24.4 Å². The topological polar surface area (TPSA) is 83.6 Å². The molecule has 1 amide bonds. The normalized spacial score (nSPS) is 23.6. The zero-order valence-corrected chi connectivity index (χ0v) is 14.7. The molecule has 1 aromatic heterocycles. The number of H-pyrrole nitrogens is 1. The molecule has 0 aliphatic heterocycles. The minimum absolute atomic E-state index is 0.0476. The fourth-order valence-electron chi connectivity index (χ4n) is 3.56. The third kappa shape index (κ3) is 3.96. The van der Waals surface area contributed by atoms with Crippen molar-refractivity contribution in [3.8, 4) is 5.75 Å². The van der Waals surface area contributed by atoms with Gasteiger partial charge in [0.15, 0.2) is 0 Å². The van der Waals surface area contributed by atoms with Crippen molar-refractivity contribution in [2.75, 3.05) is 20.8 Å². The van der Waals surface area contributed by atoms with E-state index in [0.29, 0.717) is 25.8 Å². The summed E-state index contributed by atoms with van der Waals surface area (Å²) in [5.74, 6) is 0.784. The Balaban J connectivity index is 1.55. The van der Waals surface area contributed by atoms with Crippen LogP contribution in [0.4, 0.5) is 0 Å². The maximum Gasteiger partial charge on any atom is 0.223 e. The molecule has 6 heteroatoms. The van der Waals surface area contributed by atoms with Gasteiger partial charge < -0.3 is 24.9 Å². The summed E-state index contributed by atoms with van der Waals surface area (Å²) in [6.07, 6.45) is 3.92. The lowest BCUT2D eigenvalue weighted by Gasteiger charge is -2.31. The largest absolute Gasteiger partial charge is 0.497 e. The van der Waals surface area contributed by atoms with Gasteiger partial charge in [0.05, 0.1) is 19.3 Å². The summed E-state index contributed by atoms with van der Waals surface area (Å²) in [4.78, 5) is 15.6. The molecule has 3 N–H and O–H groups in total. The number of carbonyl (C=O) groups excluding carboxylic acids is 1. The van der Waals surface area contributed by atoms with Crippen LogP contribution in [0.2, 0.25) is 0 Å². The van der Waals surface area contributed by atoms with Crippen LogP contribution in [0.5, 0.6) is 5.75 Å². The first-order chi connectivity index (χ1) is 12.1. The molecule has 0 radical (unpaired) electrons. The Bertz CT molecular complexity index is 727. The average molecular weight is 346 g/mol. The summed E-state index contributed by atoms with van der Waals surface area (Å²) in [6, 6.07) is 5.93. The van der Waals surface area contributed by atoms with Gasteiger partial charge in [-0.05, 0) is 49.4 Å². The van der Waals surface area contributed by atoms with Gasteiger partial charge in [0.25, 0.3) is 0 Å². The number of aliphatic hydroxyl groups excluding tert-OH is 1. The highest BCUT2D eigenvalue weighted by Gasteiger charge is 2.32. The van der Waals surface area contributed by atoms with E-state index >= 15 is 0 Å². The second-order valence-electron chi connectivity index (χ2n) is 6.62. The van der Waals surface area contributed by atoms with Crippen LogP contribution in [-0.4, -0.2) is 49.0 Å². The number of fused-ring (bicyclic) bond motifs is 1. The van der Waals surface area contributed by atoms with Crippen LogP contribution in [0.3, 0.4) is 0 Å². The second-order valence-corrected chi connectivity index (χ2v) is 6.62. The Hall–Kier alpha value is -2.05. The summed E-state index contributed by atoms with van der Waals surface area (Å²) in [6.45, 7) is 0.583. The maximum absolute atomic E-state index is 12.4. The molecule has 0 unspecified atom stereocenters. The summed E-state index contributed by atoms with van der Waals surface area (Å²) in [7, 11) is 3.24. The monoisotopic (exact) mass is 346 g/mol. The van der Waals surface area contributed by atoms with Crippen LogP contribution in [0.1, 0.15) is 24.8 Å². The van der Waals surface area contributed by atoms with Crippen LogP contribution < -0.4 is 10.1 Å². The number of aliphatic hydroxyl groups is 1. The van der Waals surface area contributed by atoms with Gasteiger partial charge >= 0.3 is 0 Å². The predicted octanol–water partition coefficient (Wildman–Crippen LogP) is 2.01. The van der Waals surface area contributed by atoms with E-state index in [1.165, 1.54) is 0 Å². The lowest BCUT2D eigenvalue weighted by Crippen LogP contribution is -2.41. The second kappa shape index (κ2) is 7.89. The molecule has 1 fully saturated rings. The lowest BCUT2D eigenvalue weighted by atomic mass is 9.84. The molecule has 2 aromatic rings. The standard InChI is InChI=1S/C19H26N2O4/c1-24-14-4-5-16-15(10-14)13(11-21-16)7-8-20-19(23)12-3-6-17(22)18(9-12)25-2/h4-5,10-12,17-18,21-22H,3,6-9H2,1-2H3,(H,20,23)/t12-,17+,18-/m1/s1. The predicted molar refractivity (Wildman–Crippen MR) is 95.7 cm³/mol. The molecule has 3 rings (SSSR count). The first-order valence-electron chi connectivity index (χ1n) is 8.75. The van der Waals surface area contributed by atoms with E-state index in [1.54, 1.807) is 14.2 Å². The van der Waals surface area contributed by atoms with Crippen molar-refractivity contribution >= 4 is 16.8 Å². The third-order valence-electron chi connectivity index (χ3n) is 5.10. The van der Waals surface area contributed by atoms with Gasteiger partial charge in [0.1, 0.15) is 5.75 Å². The molecule has 1 aliphatic rings. The van der Waals surface area contributed by atoms with Crippen molar-refractivity contribution in [1.82, 2.24) is 10.3 Å². The van der Waals surface area contributed by atoms with Crippen molar-refractivity contribution in [1.29, 1.82) is 0 Å². The van der Waals surface area contributed by atoms with Crippen LogP contribution in [0.25, 0.3) is 10.9 Å². The summed E-state index contributed by atoms with van der Waals surface area (Å²) >= 11 is 0. The Morgan fingerprint density at radius 1 is 1.36 bits per heavy atom. The molecule has 1 saturated carbocycles. The zero-order valence-electron chi connectivity index (χ0n) is 14.7. The molecular formula is C19H26N2O4. The van der Waals surface area contributed by atoms with Crippen LogP contribution in [0, 0.1) is 5.92 Å². The number of carbonyl (C=O) groups is 1. The highest BCUT2D eigenvalue weighted by molar-refractivity contribution is 5.84. The molecule has 3 atom stereocenters. The molecule has 1 aliphatic carbocycles. The molecule has 0 saturated heterocycles. The Morgan fingerprint density at radius 2 is 2.20 bits per heavy atom. The van der Waals surface area contributed by atoms with Gasteiger partial charge in [-0.3, -0.25) is 4.79 Å². The summed E-state index contributed by atoms with van der Waals surface area (Å²) in [5.41, 5.74) is 2.22. The third-order valence-corrected chi connectivity index (χ3v) is 5.10. The SMILES string of the molecule is COc1ccc2[nH]cc(CCNC(=O)[C@@H]3CC[C@H](O)[C@H](OC)C3)c2c1. The van der Waals surface area contributed by atoms with Gasteiger partial charge in [-0.25, -0.2) is 0 Å². The molecule has 25 heavy (non-hydrogen) atoms. The minimum Gasteiger partial charge on any atom is -0.497 e. The molecule has 136 valence electrons. The van der Waals surface area contributed by atoms with Gasteiger partial charge in [-0.2, -0.15) is 0 Å². The van der Waals surface area contributed by atoms with E-state index in [2.05, 4.69) is 10.3 Å². The Labute approximate surface area is 147 Å². The van der Waals surface area contributed by atoms with E-state index in [4.69, 9.17) is 9.47 Å². The van der Waals surface area contributed by atoms with Crippen LogP contribution in [-0.2, 0) is 16.0 Å². The fraction of sp³-hybridized carbons (Fsp3) is 0.526. The number of aromatic nitrogens is 1. The summed E-state index contributed by atoms with van der Waals surface area (Å²) < 4.78 is 10.6. The molecule has 1 aromatic carbocycles. The zero-order chi connectivity index (χ0) is 17.8.